The second kappa shape index (κ2) is 11.0. The summed E-state index contributed by atoms with van der Waals surface area (Å²) in [5, 5.41) is 2.96. The van der Waals surface area contributed by atoms with Gasteiger partial charge in [-0.3, -0.25) is 9.69 Å². The summed E-state index contributed by atoms with van der Waals surface area (Å²) < 4.78 is 27.9. The number of nitrogens with zero attached hydrogens (tertiary/aromatic N) is 3. The van der Waals surface area contributed by atoms with Crippen LogP contribution in [-0.4, -0.2) is 74.7 Å². The van der Waals surface area contributed by atoms with Gasteiger partial charge >= 0.3 is 0 Å². The van der Waals surface area contributed by atoms with Crippen molar-refractivity contribution in [1.29, 1.82) is 0 Å². The minimum Gasteiger partial charge on any atom is -0.348 e. The molecule has 4 rings (SSSR count). The third-order valence-electron chi connectivity index (χ3n) is 6.83. The molecule has 184 valence electrons. The number of aryl methyl sites for hydroxylation is 1. The Labute approximate surface area is 203 Å². The molecule has 0 atom stereocenters. The number of piperidine rings is 1. The van der Waals surface area contributed by atoms with Crippen molar-refractivity contribution >= 4 is 15.9 Å². The van der Waals surface area contributed by atoms with E-state index >= 15 is 0 Å². The average Bonchev–Trinajstić information content (AvgIpc) is 2.85. The molecule has 1 amide bonds. The van der Waals surface area contributed by atoms with Crippen LogP contribution in [0.15, 0.2) is 47.4 Å². The number of sulfonamides is 1. The van der Waals surface area contributed by atoms with Crippen LogP contribution in [0.25, 0.3) is 0 Å². The third kappa shape index (κ3) is 6.05. The lowest BCUT2D eigenvalue weighted by molar-refractivity contribution is 0.0950. The van der Waals surface area contributed by atoms with E-state index < -0.39 is 10.0 Å². The molecule has 2 heterocycles. The maximum absolute atomic E-state index is 13.2. The van der Waals surface area contributed by atoms with Gasteiger partial charge in [-0.1, -0.05) is 36.8 Å². The van der Waals surface area contributed by atoms with E-state index in [-0.39, 0.29) is 10.8 Å². The molecule has 2 fully saturated rings. The van der Waals surface area contributed by atoms with E-state index in [1.54, 1.807) is 23.4 Å². The lowest BCUT2D eigenvalue weighted by Crippen LogP contribution is -2.43. The fourth-order valence-corrected chi connectivity index (χ4v) is 6.42. The molecule has 0 bridgehead atoms. The van der Waals surface area contributed by atoms with Gasteiger partial charge in [-0.2, -0.15) is 4.31 Å². The molecule has 1 N–H and O–H groups in total. The number of hydrogen-bond acceptors (Lipinski definition) is 5. The molecule has 0 aliphatic carbocycles. The molecule has 0 radical (unpaired) electrons. The summed E-state index contributed by atoms with van der Waals surface area (Å²) in [6.45, 7) is 8.48. The molecule has 0 unspecified atom stereocenters. The molecule has 2 saturated heterocycles. The van der Waals surface area contributed by atoms with Crippen LogP contribution in [0.4, 0.5) is 0 Å². The van der Waals surface area contributed by atoms with Crippen LogP contribution in [0.3, 0.4) is 0 Å². The second-order valence-corrected chi connectivity index (χ2v) is 11.4. The number of likely N-dealkylation sites (N-methyl/N-ethyl adjacent to an activating group) is 1. The molecule has 7 nitrogen and oxygen atoms in total. The van der Waals surface area contributed by atoms with Gasteiger partial charge in [0.05, 0.1) is 4.90 Å². The molecular formula is C26H36N4O3S. The molecule has 2 aliphatic heterocycles. The van der Waals surface area contributed by atoms with Crippen molar-refractivity contribution in [3.05, 3.63) is 64.7 Å². The van der Waals surface area contributed by atoms with Gasteiger partial charge in [-0.25, -0.2) is 8.42 Å². The number of carbonyl (C=O) groups is 1. The number of hydrogen-bond donors (Lipinski definition) is 1. The summed E-state index contributed by atoms with van der Waals surface area (Å²) in [5.74, 6) is -0.264. The number of amides is 1. The first-order valence-electron chi connectivity index (χ1n) is 12.2. The van der Waals surface area contributed by atoms with Gasteiger partial charge in [0.2, 0.25) is 10.0 Å². The molecule has 0 aromatic heterocycles. The first-order chi connectivity index (χ1) is 16.3. The van der Waals surface area contributed by atoms with Crippen molar-refractivity contribution in [3.63, 3.8) is 0 Å². The van der Waals surface area contributed by atoms with Gasteiger partial charge in [0.1, 0.15) is 0 Å². The van der Waals surface area contributed by atoms with Crippen LogP contribution in [-0.2, 0) is 23.1 Å². The summed E-state index contributed by atoms with van der Waals surface area (Å²) in [6, 6.07) is 13.3. The predicted octanol–water partition coefficient (Wildman–Crippen LogP) is 2.85. The van der Waals surface area contributed by atoms with Gasteiger partial charge in [-0.15, -0.1) is 0 Å². The van der Waals surface area contributed by atoms with Crippen molar-refractivity contribution in [1.82, 2.24) is 19.4 Å². The van der Waals surface area contributed by atoms with Gasteiger partial charge in [0.15, 0.2) is 0 Å². The number of benzene rings is 2. The molecule has 34 heavy (non-hydrogen) atoms. The molecule has 0 saturated carbocycles. The predicted molar refractivity (Wildman–Crippen MR) is 134 cm³/mol. The molecule has 8 heteroatoms. The van der Waals surface area contributed by atoms with Crippen molar-refractivity contribution in [3.8, 4) is 0 Å². The molecule has 0 spiro atoms. The van der Waals surface area contributed by atoms with E-state index in [1.165, 1.54) is 11.6 Å². The fraction of sp³-hybridized carbons (Fsp3) is 0.500. The normalized spacial score (nSPS) is 18.6. The zero-order valence-electron chi connectivity index (χ0n) is 20.3. The van der Waals surface area contributed by atoms with Crippen LogP contribution in [0, 0.1) is 6.92 Å². The van der Waals surface area contributed by atoms with Crippen LogP contribution in [0.2, 0.25) is 0 Å². The quantitative estimate of drug-likeness (QED) is 0.654. The zero-order chi connectivity index (χ0) is 24.1. The Bertz CT molecular complexity index is 1100. The maximum Gasteiger partial charge on any atom is 0.251 e. The number of piperazine rings is 1. The van der Waals surface area contributed by atoms with E-state index in [0.29, 0.717) is 30.8 Å². The number of rotatable bonds is 7. The monoisotopic (exact) mass is 484 g/mol. The summed E-state index contributed by atoms with van der Waals surface area (Å²) in [6.07, 6.45) is 2.82. The minimum atomic E-state index is -3.59. The topological polar surface area (TPSA) is 73.0 Å². The third-order valence-corrected chi connectivity index (χ3v) is 8.87. The smallest absolute Gasteiger partial charge is 0.251 e. The van der Waals surface area contributed by atoms with Gasteiger partial charge in [0, 0.05) is 57.9 Å². The lowest BCUT2D eigenvalue weighted by atomic mass is 10.1. The first-order valence-corrected chi connectivity index (χ1v) is 13.6. The summed E-state index contributed by atoms with van der Waals surface area (Å²) in [4.78, 5) is 17.9. The first kappa shape index (κ1) is 24.9. The van der Waals surface area contributed by atoms with Crippen LogP contribution >= 0.6 is 0 Å². The highest BCUT2D eigenvalue weighted by molar-refractivity contribution is 7.89. The van der Waals surface area contributed by atoms with Gasteiger partial charge in [0.25, 0.3) is 5.91 Å². The Morgan fingerprint density at radius 2 is 1.62 bits per heavy atom. The van der Waals surface area contributed by atoms with Crippen LogP contribution in [0.5, 0.6) is 0 Å². The van der Waals surface area contributed by atoms with E-state index in [2.05, 4.69) is 34.3 Å². The standard InChI is InChI=1S/C26H36N4O3S/c1-21-9-10-24(18-25(21)34(32,33)30-11-4-3-5-12-30)26(31)27-19-22-7-6-8-23(17-22)20-29-15-13-28(2)14-16-29/h6-10,17-18H,3-5,11-16,19-20H2,1-2H3,(H,27,31). The van der Waals surface area contributed by atoms with E-state index in [1.807, 2.05) is 12.1 Å². The summed E-state index contributed by atoms with van der Waals surface area (Å²) >= 11 is 0. The largest absolute Gasteiger partial charge is 0.348 e. The number of nitrogens with one attached hydrogen (secondary N) is 1. The molecular weight excluding hydrogens is 448 g/mol. The zero-order valence-corrected chi connectivity index (χ0v) is 21.1. The van der Waals surface area contributed by atoms with Crippen molar-refractivity contribution in [2.75, 3.05) is 46.3 Å². The number of carbonyl (C=O) groups excluding carboxylic acids is 1. The van der Waals surface area contributed by atoms with Crippen molar-refractivity contribution < 1.29 is 13.2 Å². The fourth-order valence-electron chi connectivity index (χ4n) is 4.65. The van der Waals surface area contributed by atoms with E-state index in [0.717, 1.165) is 57.5 Å². The summed E-state index contributed by atoms with van der Waals surface area (Å²) in [7, 11) is -1.44. The highest BCUT2D eigenvalue weighted by atomic mass is 32.2. The Kier molecular flexibility index (Phi) is 8.03. The SMILES string of the molecule is Cc1ccc(C(=O)NCc2cccc(CN3CCN(C)CC3)c2)cc1S(=O)(=O)N1CCCCC1. The Hall–Kier alpha value is -2.26. The second-order valence-electron chi connectivity index (χ2n) is 9.53. The lowest BCUT2D eigenvalue weighted by Gasteiger charge is -2.32. The van der Waals surface area contributed by atoms with Crippen LogP contribution in [0.1, 0.15) is 46.3 Å². The summed E-state index contributed by atoms with van der Waals surface area (Å²) in [5.41, 5.74) is 3.31. The highest BCUT2D eigenvalue weighted by Crippen LogP contribution is 2.24. The average molecular weight is 485 g/mol. The van der Waals surface area contributed by atoms with Crippen LogP contribution < -0.4 is 5.32 Å². The Balaban J connectivity index is 1.40. The van der Waals surface area contributed by atoms with Gasteiger partial charge < -0.3 is 10.2 Å². The Morgan fingerprint density at radius 1 is 0.912 bits per heavy atom. The minimum absolute atomic E-state index is 0.233. The molecule has 2 aliphatic rings. The van der Waals surface area contributed by atoms with Gasteiger partial charge in [-0.05, 0) is 55.6 Å². The Morgan fingerprint density at radius 3 is 2.35 bits per heavy atom. The van der Waals surface area contributed by atoms with E-state index in [4.69, 9.17) is 0 Å². The molecule has 2 aromatic rings. The highest BCUT2D eigenvalue weighted by Gasteiger charge is 2.28. The molecule has 2 aromatic carbocycles. The van der Waals surface area contributed by atoms with Crippen molar-refractivity contribution in [2.24, 2.45) is 0 Å². The maximum atomic E-state index is 13.2. The van der Waals surface area contributed by atoms with E-state index in [9.17, 15) is 13.2 Å². The van der Waals surface area contributed by atoms with Crippen molar-refractivity contribution in [2.45, 2.75) is 44.2 Å².